The highest BCUT2D eigenvalue weighted by molar-refractivity contribution is 5.74. The van der Waals surface area contributed by atoms with Gasteiger partial charge in [-0.15, -0.1) is 0 Å². The van der Waals surface area contributed by atoms with Crippen molar-refractivity contribution < 1.29 is 9.90 Å². The van der Waals surface area contributed by atoms with Gasteiger partial charge in [0.25, 0.3) is 0 Å². The second-order valence-corrected chi connectivity index (χ2v) is 8.19. The fourth-order valence-corrected chi connectivity index (χ4v) is 3.33. The van der Waals surface area contributed by atoms with Gasteiger partial charge in [-0.1, -0.05) is 27.7 Å². The zero-order valence-corrected chi connectivity index (χ0v) is 14.6. The zero-order valence-electron chi connectivity index (χ0n) is 14.6. The summed E-state index contributed by atoms with van der Waals surface area (Å²) in [5.74, 6) is 1.09. The Bertz CT molecular complexity index is 380. The molecule has 0 bridgehead atoms. The molecule has 2 amide bonds. The Hall–Kier alpha value is -0.810. The number of hydrogen-bond acceptors (Lipinski definition) is 3. The van der Waals surface area contributed by atoms with E-state index >= 15 is 0 Å². The van der Waals surface area contributed by atoms with Gasteiger partial charge in [0.1, 0.15) is 0 Å². The Kier molecular flexibility index (Phi) is 5.72. The highest BCUT2D eigenvalue weighted by atomic mass is 16.3. The van der Waals surface area contributed by atoms with Crippen LogP contribution < -0.4 is 10.6 Å². The number of hydrogen-bond donors (Lipinski definition) is 3. The predicted octanol–water partition coefficient (Wildman–Crippen LogP) is 1.81. The van der Waals surface area contributed by atoms with Crippen molar-refractivity contribution in [2.75, 3.05) is 26.2 Å². The van der Waals surface area contributed by atoms with Crippen LogP contribution in [0.15, 0.2) is 0 Å². The van der Waals surface area contributed by atoms with Gasteiger partial charge in [-0.05, 0) is 31.1 Å². The van der Waals surface area contributed by atoms with Crippen LogP contribution in [0, 0.1) is 17.3 Å². The molecule has 5 heteroatoms. The van der Waals surface area contributed by atoms with Crippen LogP contribution in [-0.4, -0.2) is 54.4 Å². The van der Waals surface area contributed by atoms with Crippen molar-refractivity contribution in [1.29, 1.82) is 0 Å². The number of rotatable bonds is 7. The monoisotopic (exact) mass is 311 g/mol. The van der Waals surface area contributed by atoms with E-state index in [9.17, 15) is 9.90 Å². The molecule has 1 heterocycles. The van der Waals surface area contributed by atoms with Gasteiger partial charge in [-0.3, -0.25) is 0 Å². The maximum atomic E-state index is 12.1. The van der Waals surface area contributed by atoms with Crippen LogP contribution in [0.25, 0.3) is 0 Å². The molecular weight excluding hydrogens is 278 g/mol. The summed E-state index contributed by atoms with van der Waals surface area (Å²) in [6.07, 6.45) is 3.37. The molecule has 0 aromatic rings. The van der Waals surface area contributed by atoms with E-state index in [0.717, 1.165) is 25.4 Å². The molecule has 128 valence electrons. The third kappa shape index (κ3) is 5.13. The number of carbonyl (C=O) groups is 1. The molecule has 2 atom stereocenters. The van der Waals surface area contributed by atoms with E-state index in [1.54, 1.807) is 0 Å². The molecule has 1 aliphatic heterocycles. The quantitative estimate of drug-likeness (QED) is 0.672. The lowest BCUT2D eigenvalue weighted by Gasteiger charge is -2.33. The van der Waals surface area contributed by atoms with Crippen LogP contribution in [0.3, 0.4) is 0 Å². The lowest BCUT2D eigenvalue weighted by molar-refractivity contribution is 0.0151. The van der Waals surface area contributed by atoms with Crippen molar-refractivity contribution in [3.63, 3.8) is 0 Å². The summed E-state index contributed by atoms with van der Waals surface area (Å²) in [7, 11) is 0. The first-order chi connectivity index (χ1) is 10.3. The molecule has 2 rings (SSSR count). The Labute approximate surface area is 134 Å². The molecule has 2 fully saturated rings. The number of carbonyl (C=O) groups excluding carboxylic acids is 1. The van der Waals surface area contributed by atoms with Crippen LogP contribution in [0.4, 0.5) is 4.79 Å². The number of aliphatic hydroxyl groups is 1. The lowest BCUT2D eigenvalue weighted by atomic mass is 9.81. The van der Waals surface area contributed by atoms with E-state index in [2.05, 4.69) is 15.5 Å². The second kappa shape index (κ2) is 7.18. The first kappa shape index (κ1) is 17.5. The Morgan fingerprint density at radius 2 is 2.00 bits per heavy atom. The number of amides is 2. The number of nitrogens with one attached hydrogen (secondary N) is 2. The van der Waals surface area contributed by atoms with Gasteiger partial charge in [0.2, 0.25) is 0 Å². The molecule has 0 aromatic carbocycles. The maximum Gasteiger partial charge on any atom is 0.315 e. The molecule has 0 unspecified atom stereocenters. The number of nitrogens with zero attached hydrogens (tertiary/aromatic N) is 1. The molecule has 0 spiro atoms. The van der Waals surface area contributed by atoms with E-state index < -0.39 is 6.10 Å². The minimum atomic E-state index is -0.423. The molecule has 3 N–H and O–H groups in total. The lowest BCUT2D eigenvalue weighted by Crippen LogP contribution is -2.49. The number of likely N-dealkylation sites (tertiary alicyclic amines) is 1. The van der Waals surface area contributed by atoms with E-state index in [1.165, 1.54) is 19.4 Å². The summed E-state index contributed by atoms with van der Waals surface area (Å²) in [5.41, 5.74) is -0.320. The molecule has 1 saturated carbocycles. The molecule has 5 nitrogen and oxygen atoms in total. The summed E-state index contributed by atoms with van der Waals surface area (Å²) in [5, 5.41) is 16.2. The zero-order chi connectivity index (χ0) is 16.3. The van der Waals surface area contributed by atoms with Crippen molar-refractivity contribution >= 4 is 6.03 Å². The van der Waals surface area contributed by atoms with Gasteiger partial charge in [-0.25, -0.2) is 4.79 Å². The van der Waals surface area contributed by atoms with Crippen molar-refractivity contribution in [2.24, 2.45) is 17.3 Å². The van der Waals surface area contributed by atoms with Gasteiger partial charge >= 0.3 is 6.03 Å². The third-order valence-electron chi connectivity index (χ3n) is 4.96. The minimum Gasteiger partial charge on any atom is -0.392 e. The predicted molar refractivity (Wildman–Crippen MR) is 88.7 cm³/mol. The maximum absolute atomic E-state index is 12.1. The van der Waals surface area contributed by atoms with E-state index in [-0.39, 0.29) is 23.4 Å². The average Bonchev–Trinajstić information content (AvgIpc) is 3.15. The SMILES string of the molecule is CC(C)[C@@H](O)C(C)(C)CNC(=O)N[C@H]1CCN(CC2CC2)C1. The fourth-order valence-electron chi connectivity index (χ4n) is 3.33. The van der Waals surface area contributed by atoms with E-state index in [1.807, 2.05) is 27.7 Å². The van der Waals surface area contributed by atoms with Crippen molar-refractivity contribution in [2.45, 2.75) is 59.1 Å². The van der Waals surface area contributed by atoms with E-state index in [4.69, 9.17) is 0 Å². The Morgan fingerprint density at radius 1 is 1.32 bits per heavy atom. The van der Waals surface area contributed by atoms with Crippen LogP contribution in [0.1, 0.15) is 47.0 Å². The highest BCUT2D eigenvalue weighted by Gasteiger charge is 2.32. The number of aliphatic hydroxyl groups excluding tert-OH is 1. The molecule has 2 aliphatic rings. The van der Waals surface area contributed by atoms with Crippen LogP contribution in [-0.2, 0) is 0 Å². The third-order valence-corrected chi connectivity index (χ3v) is 4.96. The second-order valence-electron chi connectivity index (χ2n) is 8.19. The van der Waals surface area contributed by atoms with Gasteiger partial charge in [0.05, 0.1) is 6.10 Å². The summed E-state index contributed by atoms with van der Waals surface area (Å²) in [6, 6.07) is 0.152. The topological polar surface area (TPSA) is 64.6 Å². The first-order valence-electron chi connectivity index (χ1n) is 8.72. The smallest absolute Gasteiger partial charge is 0.315 e. The minimum absolute atomic E-state index is 0.109. The average molecular weight is 311 g/mol. The van der Waals surface area contributed by atoms with Crippen molar-refractivity contribution in [1.82, 2.24) is 15.5 Å². The summed E-state index contributed by atoms with van der Waals surface area (Å²) >= 11 is 0. The van der Waals surface area contributed by atoms with Crippen LogP contribution in [0.2, 0.25) is 0 Å². The normalized spacial score (nSPS) is 24.5. The molecule has 1 aliphatic carbocycles. The van der Waals surface area contributed by atoms with Gasteiger partial charge in [0.15, 0.2) is 0 Å². The Morgan fingerprint density at radius 3 is 2.59 bits per heavy atom. The largest absolute Gasteiger partial charge is 0.392 e. The number of urea groups is 1. The Balaban J connectivity index is 1.67. The van der Waals surface area contributed by atoms with Gasteiger partial charge < -0.3 is 20.6 Å². The summed E-state index contributed by atoms with van der Waals surface area (Å²) < 4.78 is 0. The molecule has 0 radical (unpaired) electrons. The van der Waals surface area contributed by atoms with Gasteiger partial charge in [-0.2, -0.15) is 0 Å². The first-order valence-corrected chi connectivity index (χ1v) is 8.72. The van der Waals surface area contributed by atoms with Crippen molar-refractivity contribution in [3.05, 3.63) is 0 Å². The molecule has 1 saturated heterocycles. The highest BCUT2D eigenvalue weighted by Crippen LogP contribution is 2.30. The standard InChI is InChI=1S/C17H33N3O2/c1-12(2)15(21)17(3,4)11-18-16(22)19-14-7-8-20(10-14)9-13-5-6-13/h12-15,21H,5-11H2,1-4H3,(H2,18,19,22)/t14-,15+/m0/s1. The molecule has 0 aromatic heterocycles. The molecule has 22 heavy (non-hydrogen) atoms. The van der Waals surface area contributed by atoms with E-state index in [0.29, 0.717) is 6.54 Å². The fraction of sp³-hybridized carbons (Fsp3) is 0.941. The van der Waals surface area contributed by atoms with Crippen LogP contribution in [0.5, 0.6) is 0 Å². The summed E-state index contributed by atoms with van der Waals surface area (Å²) in [6.45, 7) is 11.7. The van der Waals surface area contributed by atoms with Crippen LogP contribution >= 0.6 is 0 Å². The summed E-state index contributed by atoms with van der Waals surface area (Å²) in [4.78, 5) is 14.5. The van der Waals surface area contributed by atoms with Crippen molar-refractivity contribution in [3.8, 4) is 0 Å². The van der Waals surface area contributed by atoms with Gasteiger partial charge in [0, 0.05) is 37.6 Å². The molecular formula is C17H33N3O2.